The molecule has 6 heteroatoms. The largest absolute Gasteiger partial charge is 0.504 e. The summed E-state index contributed by atoms with van der Waals surface area (Å²) in [5.41, 5.74) is 1.48. The molecule has 0 saturated heterocycles. The second-order valence-corrected chi connectivity index (χ2v) is 3.93. The second kappa shape index (κ2) is 4.41. The van der Waals surface area contributed by atoms with Crippen LogP contribution in [-0.4, -0.2) is 26.0 Å². The number of para-hydroxylation sites is 2. The van der Waals surface area contributed by atoms with Crippen LogP contribution in [0.2, 0.25) is 0 Å². The monoisotopic (exact) mass is 254 g/mol. The highest BCUT2D eigenvalue weighted by molar-refractivity contribution is 6.03. The Morgan fingerprint density at radius 2 is 2.05 bits per heavy atom. The van der Waals surface area contributed by atoms with Gasteiger partial charge in [-0.15, -0.1) is 0 Å². The molecule has 2 aromatic heterocycles. The maximum Gasteiger partial charge on any atom is 0.292 e. The van der Waals surface area contributed by atoms with Crippen LogP contribution in [-0.2, 0) is 0 Å². The van der Waals surface area contributed by atoms with Gasteiger partial charge in [-0.05, 0) is 24.3 Å². The van der Waals surface area contributed by atoms with Gasteiger partial charge in [0.1, 0.15) is 0 Å². The molecule has 94 valence electrons. The number of hydrogen-bond donors (Lipinski definition) is 3. The van der Waals surface area contributed by atoms with E-state index in [-0.39, 0.29) is 17.4 Å². The van der Waals surface area contributed by atoms with Crippen molar-refractivity contribution in [3.63, 3.8) is 0 Å². The molecule has 0 unspecified atom stereocenters. The van der Waals surface area contributed by atoms with Gasteiger partial charge in [-0.2, -0.15) is 0 Å². The van der Waals surface area contributed by atoms with Gasteiger partial charge in [0.05, 0.1) is 11.0 Å². The van der Waals surface area contributed by atoms with Gasteiger partial charge < -0.3 is 15.4 Å². The summed E-state index contributed by atoms with van der Waals surface area (Å²) in [6, 6.07) is 10.4. The van der Waals surface area contributed by atoms with Crippen molar-refractivity contribution in [2.45, 2.75) is 0 Å². The van der Waals surface area contributed by atoms with Gasteiger partial charge >= 0.3 is 0 Å². The Balaban J connectivity index is 1.90. The molecule has 1 aromatic carbocycles. The van der Waals surface area contributed by atoms with Crippen LogP contribution >= 0.6 is 0 Å². The van der Waals surface area contributed by atoms with Gasteiger partial charge in [0.25, 0.3) is 5.91 Å². The molecule has 0 aliphatic carbocycles. The maximum atomic E-state index is 12.0. The minimum absolute atomic E-state index is 0.0908. The molecule has 0 radical (unpaired) electrons. The quantitative estimate of drug-likeness (QED) is 0.651. The molecule has 0 spiro atoms. The number of amides is 1. The van der Waals surface area contributed by atoms with E-state index in [0.29, 0.717) is 5.52 Å². The minimum atomic E-state index is -0.454. The molecule has 3 aromatic rings. The lowest BCUT2D eigenvalue weighted by atomic mass is 10.3. The van der Waals surface area contributed by atoms with Gasteiger partial charge in [0, 0.05) is 6.20 Å². The number of nitrogens with zero attached hydrogens (tertiary/aromatic N) is 2. The van der Waals surface area contributed by atoms with E-state index in [1.54, 1.807) is 12.1 Å². The van der Waals surface area contributed by atoms with Gasteiger partial charge in [-0.25, -0.2) is 9.97 Å². The number of aromatic nitrogens is 3. The normalized spacial score (nSPS) is 10.5. The van der Waals surface area contributed by atoms with Crippen LogP contribution in [0.15, 0.2) is 42.6 Å². The zero-order chi connectivity index (χ0) is 13.2. The highest BCUT2D eigenvalue weighted by atomic mass is 16.3. The number of nitrogens with one attached hydrogen (secondary N) is 2. The number of aromatic amines is 1. The number of rotatable bonds is 2. The lowest BCUT2D eigenvalue weighted by molar-refractivity contribution is 0.101. The van der Waals surface area contributed by atoms with Crippen molar-refractivity contribution in [1.29, 1.82) is 0 Å². The molecular formula is C13H10N4O2. The summed E-state index contributed by atoms with van der Waals surface area (Å²) in [5, 5.41) is 12.0. The summed E-state index contributed by atoms with van der Waals surface area (Å²) in [5.74, 6) is -0.267. The molecule has 6 nitrogen and oxygen atoms in total. The molecule has 3 N–H and O–H groups in total. The number of anilines is 1. The van der Waals surface area contributed by atoms with Gasteiger partial charge in [0.15, 0.2) is 17.4 Å². The number of carbonyl (C=O) groups is 1. The first-order valence-electron chi connectivity index (χ1n) is 5.64. The van der Waals surface area contributed by atoms with Gasteiger partial charge in [-0.1, -0.05) is 12.1 Å². The second-order valence-electron chi connectivity index (χ2n) is 3.93. The topological polar surface area (TPSA) is 90.9 Å². The average molecular weight is 254 g/mol. The first-order valence-corrected chi connectivity index (χ1v) is 5.64. The third-order valence-electron chi connectivity index (χ3n) is 2.62. The van der Waals surface area contributed by atoms with Crippen molar-refractivity contribution in [2.24, 2.45) is 0 Å². The zero-order valence-electron chi connectivity index (χ0n) is 9.79. The van der Waals surface area contributed by atoms with Crippen LogP contribution in [0.4, 0.5) is 5.82 Å². The first kappa shape index (κ1) is 11.2. The summed E-state index contributed by atoms with van der Waals surface area (Å²) >= 11 is 0. The predicted molar refractivity (Wildman–Crippen MR) is 69.9 cm³/mol. The van der Waals surface area contributed by atoms with Crippen LogP contribution < -0.4 is 5.32 Å². The van der Waals surface area contributed by atoms with E-state index in [1.165, 1.54) is 12.3 Å². The summed E-state index contributed by atoms with van der Waals surface area (Å²) in [6.45, 7) is 0. The zero-order valence-corrected chi connectivity index (χ0v) is 9.79. The fraction of sp³-hybridized carbons (Fsp3) is 0. The molecule has 2 heterocycles. The third-order valence-corrected chi connectivity index (χ3v) is 2.62. The summed E-state index contributed by atoms with van der Waals surface area (Å²) in [4.78, 5) is 22.9. The maximum absolute atomic E-state index is 12.0. The van der Waals surface area contributed by atoms with E-state index in [2.05, 4.69) is 20.3 Å². The minimum Gasteiger partial charge on any atom is -0.504 e. The molecule has 19 heavy (non-hydrogen) atoms. The predicted octanol–water partition coefficient (Wildman–Crippen LogP) is 1.92. The van der Waals surface area contributed by atoms with Crippen LogP contribution in [0, 0.1) is 0 Å². The molecule has 1 amide bonds. The Morgan fingerprint density at radius 3 is 2.84 bits per heavy atom. The Labute approximate surface area is 108 Å². The molecular weight excluding hydrogens is 244 g/mol. The number of imidazole rings is 1. The first-order chi connectivity index (χ1) is 9.24. The van der Waals surface area contributed by atoms with E-state index >= 15 is 0 Å². The van der Waals surface area contributed by atoms with Crippen molar-refractivity contribution >= 4 is 22.8 Å². The van der Waals surface area contributed by atoms with Crippen LogP contribution in [0.1, 0.15) is 10.6 Å². The fourth-order valence-electron chi connectivity index (χ4n) is 1.72. The molecule has 0 atom stereocenters. The Hall–Kier alpha value is -2.89. The lowest BCUT2D eigenvalue weighted by Gasteiger charge is -2.03. The number of carbonyl (C=O) groups excluding carboxylic acids is 1. The highest BCUT2D eigenvalue weighted by Gasteiger charge is 2.13. The van der Waals surface area contributed by atoms with Crippen molar-refractivity contribution in [3.8, 4) is 5.75 Å². The van der Waals surface area contributed by atoms with Crippen molar-refractivity contribution in [1.82, 2.24) is 15.0 Å². The highest BCUT2D eigenvalue weighted by Crippen LogP contribution is 2.19. The number of pyridine rings is 1. The van der Waals surface area contributed by atoms with Crippen molar-refractivity contribution in [3.05, 3.63) is 48.4 Å². The van der Waals surface area contributed by atoms with Crippen molar-refractivity contribution in [2.75, 3.05) is 5.32 Å². The molecule has 3 rings (SSSR count). The number of aromatic hydroxyl groups is 1. The van der Waals surface area contributed by atoms with Crippen LogP contribution in [0.25, 0.3) is 11.0 Å². The van der Waals surface area contributed by atoms with Gasteiger partial charge in [0.2, 0.25) is 0 Å². The van der Waals surface area contributed by atoms with E-state index in [1.807, 2.05) is 18.2 Å². The number of H-pyrrole nitrogens is 1. The Bertz CT molecular complexity index is 718. The average Bonchev–Trinajstić information content (AvgIpc) is 2.85. The molecule has 0 saturated carbocycles. The summed E-state index contributed by atoms with van der Waals surface area (Å²) < 4.78 is 0. The summed E-state index contributed by atoms with van der Waals surface area (Å²) in [6.07, 6.45) is 1.48. The fourth-order valence-corrected chi connectivity index (χ4v) is 1.72. The molecule has 0 bridgehead atoms. The molecule has 0 aliphatic rings. The van der Waals surface area contributed by atoms with Crippen LogP contribution in [0.3, 0.4) is 0 Å². The molecule has 0 fully saturated rings. The number of benzene rings is 1. The van der Waals surface area contributed by atoms with E-state index in [0.717, 1.165) is 5.52 Å². The smallest absolute Gasteiger partial charge is 0.292 e. The van der Waals surface area contributed by atoms with Crippen molar-refractivity contribution < 1.29 is 9.90 Å². The Morgan fingerprint density at radius 1 is 1.21 bits per heavy atom. The SMILES string of the molecule is O=C(Nc1ncccc1O)c1nc2ccccc2[nH]1. The number of hydrogen-bond acceptors (Lipinski definition) is 4. The van der Waals surface area contributed by atoms with Gasteiger partial charge in [-0.3, -0.25) is 4.79 Å². The van der Waals surface area contributed by atoms with E-state index in [4.69, 9.17) is 0 Å². The summed E-state index contributed by atoms with van der Waals surface area (Å²) in [7, 11) is 0. The van der Waals surface area contributed by atoms with Crippen LogP contribution in [0.5, 0.6) is 5.75 Å². The number of fused-ring (bicyclic) bond motifs is 1. The van der Waals surface area contributed by atoms with E-state index < -0.39 is 5.91 Å². The lowest BCUT2D eigenvalue weighted by Crippen LogP contribution is -2.14. The Kier molecular flexibility index (Phi) is 2.60. The third kappa shape index (κ3) is 2.11. The molecule has 0 aliphatic heterocycles. The standard InChI is InChI=1S/C13H10N4O2/c18-10-6-3-7-14-11(10)17-13(19)12-15-8-4-1-2-5-9(8)16-12/h1-7,18H,(H,15,16)(H,14,17,19). The van der Waals surface area contributed by atoms with E-state index in [9.17, 15) is 9.90 Å².